The van der Waals surface area contributed by atoms with Crippen LogP contribution in [0.5, 0.6) is 5.75 Å². The summed E-state index contributed by atoms with van der Waals surface area (Å²) in [5.74, 6) is -0.0184. The van der Waals surface area contributed by atoms with E-state index >= 15 is 0 Å². The minimum Gasteiger partial charge on any atom is -0.488 e. The molecule has 5 heteroatoms. The Kier molecular flexibility index (Phi) is 5.79. The Morgan fingerprint density at radius 3 is 2.79 bits per heavy atom. The van der Waals surface area contributed by atoms with Crippen molar-refractivity contribution in [3.05, 3.63) is 53.0 Å². The number of esters is 1. The third-order valence-corrected chi connectivity index (χ3v) is 3.03. The molecule has 1 aromatic rings. The zero-order valence-electron chi connectivity index (χ0n) is 10.6. The molecule has 0 aliphatic carbocycles. The lowest BCUT2D eigenvalue weighted by molar-refractivity contribution is -0.137. The van der Waals surface area contributed by atoms with Crippen molar-refractivity contribution in [2.75, 3.05) is 13.7 Å². The van der Waals surface area contributed by atoms with Gasteiger partial charge in [-0.25, -0.2) is 4.79 Å². The molecule has 1 aromatic carbocycles. The highest BCUT2D eigenvalue weighted by Gasteiger charge is 2.19. The molecule has 102 valence electrons. The summed E-state index contributed by atoms with van der Waals surface area (Å²) >= 11 is 3.33. The first-order valence-corrected chi connectivity index (χ1v) is 6.28. The van der Waals surface area contributed by atoms with Gasteiger partial charge in [-0.05, 0) is 33.6 Å². The van der Waals surface area contributed by atoms with Crippen LogP contribution in [0.4, 0.5) is 0 Å². The Hall–Kier alpha value is -1.59. The molecule has 0 aliphatic heterocycles. The van der Waals surface area contributed by atoms with Crippen LogP contribution >= 0.6 is 15.9 Å². The van der Waals surface area contributed by atoms with Crippen LogP contribution in [-0.4, -0.2) is 24.8 Å². The van der Waals surface area contributed by atoms with Gasteiger partial charge in [-0.15, -0.1) is 0 Å². The van der Waals surface area contributed by atoms with Gasteiger partial charge in [0, 0.05) is 0 Å². The lowest BCUT2D eigenvalue weighted by atomic mass is 10.0. The fourth-order valence-corrected chi connectivity index (χ4v) is 1.91. The quantitative estimate of drug-likeness (QED) is 0.496. The molecule has 0 aromatic heterocycles. The van der Waals surface area contributed by atoms with Crippen molar-refractivity contribution in [1.82, 2.24) is 0 Å². The standard InChI is InChI=1S/C14H15BrO4/c1-4-7-19-12-6-5-10(8-11(12)15)13(16)9(2)14(17)18-3/h4-6,8,13,16H,1-2,7H2,3H3. The summed E-state index contributed by atoms with van der Waals surface area (Å²) in [4.78, 5) is 11.3. The summed E-state index contributed by atoms with van der Waals surface area (Å²) in [5, 5.41) is 10.0. The molecule has 0 saturated heterocycles. The van der Waals surface area contributed by atoms with E-state index in [1.54, 1.807) is 24.3 Å². The van der Waals surface area contributed by atoms with Crippen LogP contribution in [0, 0.1) is 0 Å². The smallest absolute Gasteiger partial charge is 0.336 e. The first kappa shape index (κ1) is 15.5. The van der Waals surface area contributed by atoms with E-state index in [-0.39, 0.29) is 5.57 Å². The number of hydrogen-bond donors (Lipinski definition) is 1. The van der Waals surface area contributed by atoms with Crippen LogP contribution in [0.3, 0.4) is 0 Å². The number of ether oxygens (including phenoxy) is 2. The summed E-state index contributed by atoms with van der Waals surface area (Å²) < 4.78 is 10.6. The fraction of sp³-hybridized carbons (Fsp3) is 0.214. The van der Waals surface area contributed by atoms with Gasteiger partial charge in [0.25, 0.3) is 0 Å². The molecule has 0 saturated carbocycles. The minimum absolute atomic E-state index is 0.0193. The molecule has 0 bridgehead atoms. The Balaban J connectivity index is 2.91. The molecule has 1 unspecified atom stereocenters. The van der Waals surface area contributed by atoms with Gasteiger partial charge in [0.15, 0.2) is 0 Å². The molecule has 1 atom stereocenters. The van der Waals surface area contributed by atoms with Crippen molar-refractivity contribution in [3.8, 4) is 5.75 Å². The van der Waals surface area contributed by atoms with E-state index in [4.69, 9.17) is 4.74 Å². The molecule has 0 aliphatic rings. The summed E-state index contributed by atoms with van der Waals surface area (Å²) in [6, 6.07) is 5.01. The lowest BCUT2D eigenvalue weighted by Gasteiger charge is -2.14. The van der Waals surface area contributed by atoms with Crippen LogP contribution in [-0.2, 0) is 9.53 Å². The molecular formula is C14H15BrO4. The largest absolute Gasteiger partial charge is 0.488 e. The molecule has 0 heterocycles. The predicted molar refractivity (Wildman–Crippen MR) is 75.9 cm³/mol. The van der Waals surface area contributed by atoms with Gasteiger partial charge < -0.3 is 14.6 Å². The van der Waals surface area contributed by atoms with Crippen LogP contribution in [0.15, 0.2) is 47.5 Å². The maximum atomic E-state index is 11.3. The van der Waals surface area contributed by atoms with Crippen molar-refractivity contribution in [1.29, 1.82) is 0 Å². The summed E-state index contributed by atoms with van der Waals surface area (Å²) in [7, 11) is 1.24. The van der Waals surface area contributed by atoms with Gasteiger partial charge in [0.1, 0.15) is 18.5 Å². The summed E-state index contributed by atoms with van der Waals surface area (Å²) in [6.45, 7) is 7.46. The average Bonchev–Trinajstić information content (AvgIpc) is 2.43. The Morgan fingerprint density at radius 1 is 1.58 bits per heavy atom. The van der Waals surface area contributed by atoms with Gasteiger partial charge in [-0.3, -0.25) is 0 Å². The zero-order valence-corrected chi connectivity index (χ0v) is 12.1. The monoisotopic (exact) mass is 326 g/mol. The molecule has 0 spiro atoms. The highest BCUT2D eigenvalue weighted by atomic mass is 79.9. The number of hydrogen-bond acceptors (Lipinski definition) is 4. The number of aliphatic hydroxyl groups is 1. The van der Waals surface area contributed by atoms with E-state index in [1.807, 2.05) is 0 Å². The van der Waals surface area contributed by atoms with E-state index in [0.717, 1.165) is 0 Å². The number of benzene rings is 1. The van der Waals surface area contributed by atoms with Crippen molar-refractivity contribution in [2.24, 2.45) is 0 Å². The number of rotatable bonds is 6. The topological polar surface area (TPSA) is 55.8 Å². The first-order chi connectivity index (χ1) is 9.01. The van der Waals surface area contributed by atoms with Gasteiger partial charge >= 0.3 is 5.97 Å². The molecular weight excluding hydrogens is 312 g/mol. The maximum absolute atomic E-state index is 11.3. The van der Waals surface area contributed by atoms with E-state index in [2.05, 4.69) is 33.8 Å². The summed E-state index contributed by atoms with van der Waals surface area (Å²) in [5.41, 5.74) is 0.502. The van der Waals surface area contributed by atoms with Gasteiger partial charge in [-0.2, -0.15) is 0 Å². The number of carbonyl (C=O) groups excluding carboxylic acids is 1. The van der Waals surface area contributed by atoms with E-state index in [0.29, 0.717) is 22.4 Å². The summed E-state index contributed by atoms with van der Waals surface area (Å²) in [6.07, 6.45) is 0.520. The van der Waals surface area contributed by atoms with E-state index in [1.165, 1.54) is 7.11 Å². The Morgan fingerprint density at radius 2 is 2.26 bits per heavy atom. The highest BCUT2D eigenvalue weighted by Crippen LogP contribution is 2.30. The molecule has 1 rings (SSSR count). The van der Waals surface area contributed by atoms with Crippen molar-refractivity contribution < 1.29 is 19.4 Å². The third-order valence-electron chi connectivity index (χ3n) is 2.41. The molecule has 0 fully saturated rings. The van der Waals surface area contributed by atoms with Crippen molar-refractivity contribution >= 4 is 21.9 Å². The second kappa shape index (κ2) is 7.11. The Bertz CT molecular complexity index is 496. The van der Waals surface area contributed by atoms with Gasteiger partial charge in [0.05, 0.1) is 17.2 Å². The van der Waals surface area contributed by atoms with Crippen molar-refractivity contribution in [3.63, 3.8) is 0 Å². The average molecular weight is 327 g/mol. The number of halogens is 1. The SMILES string of the molecule is C=CCOc1ccc(C(O)C(=C)C(=O)OC)cc1Br. The van der Waals surface area contributed by atoms with E-state index in [9.17, 15) is 9.90 Å². The molecule has 4 nitrogen and oxygen atoms in total. The number of aliphatic hydroxyl groups excluding tert-OH is 1. The molecule has 19 heavy (non-hydrogen) atoms. The normalized spacial score (nSPS) is 11.5. The fourth-order valence-electron chi connectivity index (χ4n) is 1.40. The first-order valence-electron chi connectivity index (χ1n) is 5.49. The minimum atomic E-state index is -1.11. The molecule has 0 amide bonds. The second-order valence-corrected chi connectivity index (χ2v) is 4.56. The lowest BCUT2D eigenvalue weighted by Crippen LogP contribution is -2.12. The zero-order chi connectivity index (χ0) is 14.4. The van der Waals surface area contributed by atoms with Gasteiger partial charge in [-0.1, -0.05) is 25.3 Å². The maximum Gasteiger partial charge on any atom is 0.336 e. The van der Waals surface area contributed by atoms with Crippen LogP contribution in [0.25, 0.3) is 0 Å². The third kappa shape index (κ3) is 3.94. The molecule has 0 radical (unpaired) electrons. The van der Waals surface area contributed by atoms with Crippen molar-refractivity contribution in [2.45, 2.75) is 6.10 Å². The number of carbonyl (C=O) groups is 1. The van der Waals surface area contributed by atoms with E-state index < -0.39 is 12.1 Å². The van der Waals surface area contributed by atoms with Crippen LogP contribution in [0.2, 0.25) is 0 Å². The second-order valence-electron chi connectivity index (χ2n) is 3.71. The van der Waals surface area contributed by atoms with Crippen LogP contribution < -0.4 is 4.74 Å². The van der Waals surface area contributed by atoms with Gasteiger partial charge in [0.2, 0.25) is 0 Å². The highest BCUT2D eigenvalue weighted by molar-refractivity contribution is 9.10. The molecule has 1 N–H and O–H groups in total. The predicted octanol–water partition coefficient (Wildman–Crippen LogP) is 2.78. The number of methoxy groups -OCH3 is 1. The Labute approximate surface area is 120 Å². The van der Waals surface area contributed by atoms with Crippen LogP contribution in [0.1, 0.15) is 11.7 Å².